The van der Waals surface area contributed by atoms with E-state index in [4.69, 9.17) is 10.5 Å². The van der Waals surface area contributed by atoms with Gasteiger partial charge in [-0.05, 0) is 26.2 Å². The Bertz CT molecular complexity index is 312. The van der Waals surface area contributed by atoms with Crippen LogP contribution in [0.2, 0.25) is 0 Å². The number of ether oxygens (including phenoxy) is 1. The van der Waals surface area contributed by atoms with E-state index < -0.39 is 30.2 Å². The van der Waals surface area contributed by atoms with Crippen molar-refractivity contribution < 1.29 is 22.7 Å². The molecule has 118 valence electrons. The molecule has 0 amide bonds. The van der Waals surface area contributed by atoms with Crippen LogP contribution in [0.5, 0.6) is 0 Å². The summed E-state index contributed by atoms with van der Waals surface area (Å²) < 4.78 is 43.4. The average Bonchev–Trinajstić information content (AvgIpc) is 2.34. The van der Waals surface area contributed by atoms with E-state index in [1.165, 1.54) is 0 Å². The molecule has 0 aromatic rings. The zero-order valence-electron chi connectivity index (χ0n) is 12.1. The molecule has 1 saturated carbocycles. The fraction of sp³-hybridized carbons (Fsp3) is 0.929. The molecule has 0 aromatic carbocycles. The molecule has 0 radical (unpaired) electrons. The van der Waals surface area contributed by atoms with Gasteiger partial charge in [-0.1, -0.05) is 32.1 Å². The Morgan fingerprint density at radius 1 is 1.25 bits per heavy atom. The lowest BCUT2D eigenvalue weighted by molar-refractivity contribution is -0.180. The number of alkyl halides is 3. The van der Waals surface area contributed by atoms with Crippen LogP contribution in [0, 0.1) is 11.8 Å². The molecule has 1 rings (SSSR count). The van der Waals surface area contributed by atoms with Crippen molar-refractivity contribution in [1.29, 1.82) is 0 Å². The highest BCUT2D eigenvalue weighted by atomic mass is 19.4. The van der Waals surface area contributed by atoms with Gasteiger partial charge in [0.1, 0.15) is 6.04 Å². The standard InChI is InChI=1S/C14H24F3NO2/c1-9(2)20-13(19)11(12(18)14(15,16)17)8-10-6-4-3-5-7-10/h9-12H,3-8,18H2,1-2H3/t11-,12-/m0/s1. The molecule has 1 aliphatic carbocycles. The minimum atomic E-state index is -4.57. The minimum Gasteiger partial charge on any atom is -0.463 e. The maximum atomic E-state index is 12.8. The molecule has 1 aliphatic rings. The Morgan fingerprint density at radius 2 is 1.80 bits per heavy atom. The quantitative estimate of drug-likeness (QED) is 0.791. The number of hydrogen-bond acceptors (Lipinski definition) is 3. The lowest BCUT2D eigenvalue weighted by Crippen LogP contribution is -2.48. The number of rotatable bonds is 5. The molecule has 0 unspecified atom stereocenters. The van der Waals surface area contributed by atoms with Gasteiger partial charge in [-0.2, -0.15) is 13.2 Å². The van der Waals surface area contributed by atoms with Crippen LogP contribution >= 0.6 is 0 Å². The van der Waals surface area contributed by atoms with Crippen molar-refractivity contribution in [3.05, 3.63) is 0 Å². The Hall–Kier alpha value is -0.780. The Kier molecular flexibility index (Phi) is 6.30. The van der Waals surface area contributed by atoms with Crippen molar-refractivity contribution >= 4 is 5.97 Å². The van der Waals surface area contributed by atoms with Gasteiger partial charge >= 0.3 is 12.1 Å². The first-order chi connectivity index (χ1) is 9.21. The molecule has 0 aliphatic heterocycles. The van der Waals surface area contributed by atoms with Crippen LogP contribution in [0.15, 0.2) is 0 Å². The number of nitrogens with two attached hydrogens (primary N) is 1. The van der Waals surface area contributed by atoms with Crippen LogP contribution in [0.4, 0.5) is 13.2 Å². The van der Waals surface area contributed by atoms with Gasteiger partial charge in [-0.15, -0.1) is 0 Å². The first-order valence-corrected chi connectivity index (χ1v) is 7.24. The molecular weight excluding hydrogens is 271 g/mol. The predicted molar refractivity (Wildman–Crippen MR) is 69.9 cm³/mol. The molecule has 3 nitrogen and oxygen atoms in total. The molecule has 0 spiro atoms. The number of hydrogen-bond donors (Lipinski definition) is 1. The van der Waals surface area contributed by atoms with Crippen LogP contribution in [0.3, 0.4) is 0 Å². The van der Waals surface area contributed by atoms with Crippen molar-refractivity contribution in [2.45, 2.75) is 70.7 Å². The minimum absolute atomic E-state index is 0.141. The van der Waals surface area contributed by atoms with Gasteiger partial charge in [0.2, 0.25) is 0 Å². The molecule has 20 heavy (non-hydrogen) atoms. The number of halogens is 3. The van der Waals surface area contributed by atoms with Gasteiger partial charge in [0.15, 0.2) is 0 Å². The third-order valence-corrected chi connectivity index (χ3v) is 3.78. The van der Waals surface area contributed by atoms with Crippen molar-refractivity contribution in [1.82, 2.24) is 0 Å². The fourth-order valence-electron chi connectivity index (χ4n) is 2.72. The van der Waals surface area contributed by atoms with Crippen molar-refractivity contribution in [2.24, 2.45) is 17.6 Å². The summed E-state index contributed by atoms with van der Waals surface area (Å²) in [5.41, 5.74) is 5.26. The summed E-state index contributed by atoms with van der Waals surface area (Å²) in [6.07, 6.45) is 0.0450. The lowest BCUT2D eigenvalue weighted by atomic mass is 9.80. The monoisotopic (exact) mass is 295 g/mol. The average molecular weight is 295 g/mol. The summed E-state index contributed by atoms with van der Waals surface area (Å²) in [6.45, 7) is 3.24. The third kappa shape index (κ3) is 5.31. The third-order valence-electron chi connectivity index (χ3n) is 3.78. The van der Waals surface area contributed by atoms with Gasteiger partial charge in [-0.25, -0.2) is 0 Å². The van der Waals surface area contributed by atoms with E-state index in [-0.39, 0.29) is 12.3 Å². The topological polar surface area (TPSA) is 52.3 Å². The van der Waals surface area contributed by atoms with E-state index in [1.807, 2.05) is 0 Å². The normalized spacial score (nSPS) is 20.8. The van der Waals surface area contributed by atoms with Crippen molar-refractivity contribution in [3.63, 3.8) is 0 Å². The molecular formula is C14H24F3NO2. The molecule has 6 heteroatoms. The van der Waals surface area contributed by atoms with Crippen molar-refractivity contribution in [3.8, 4) is 0 Å². The molecule has 0 saturated heterocycles. The highest BCUT2D eigenvalue weighted by molar-refractivity contribution is 5.73. The predicted octanol–water partition coefficient (Wildman–Crippen LogP) is 3.41. The lowest BCUT2D eigenvalue weighted by Gasteiger charge is -2.30. The maximum absolute atomic E-state index is 12.8. The van der Waals surface area contributed by atoms with Gasteiger partial charge < -0.3 is 10.5 Å². The van der Waals surface area contributed by atoms with E-state index in [0.717, 1.165) is 32.1 Å². The SMILES string of the molecule is CC(C)OC(=O)[C@@H](CC1CCCCC1)[C@H](N)C(F)(F)F. The summed E-state index contributed by atoms with van der Waals surface area (Å²) >= 11 is 0. The summed E-state index contributed by atoms with van der Waals surface area (Å²) in [6, 6.07) is -2.14. The fourth-order valence-corrected chi connectivity index (χ4v) is 2.72. The summed E-state index contributed by atoms with van der Waals surface area (Å²) in [7, 11) is 0. The second kappa shape index (κ2) is 7.29. The van der Waals surface area contributed by atoms with Crippen molar-refractivity contribution in [2.75, 3.05) is 0 Å². The summed E-state index contributed by atoms with van der Waals surface area (Å²) in [5, 5.41) is 0. The first kappa shape index (κ1) is 17.3. The van der Waals surface area contributed by atoms with Gasteiger partial charge in [0, 0.05) is 0 Å². The number of carbonyl (C=O) groups excluding carboxylic acids is 1. The molecule has 0 aromatic heterocycles. The van der Waals surface area contributed by atoms with E-state index in [0.29, 0.717) is 0 Å². The van der Waals surface area contributed by atoms with Crippen LogP contribution in [0.1, 0.15) is 52.4 Å². The molecule has 0 bridgehead atoms. The van der Waals surface area contributed by atoms with E-state index in [9.17, 15) is 18.0 Å². The molecule has 2 N–H and O–H groups in total. The van der Waals surface area contributed by atoms with Gasteiger partial charge in [0.25, 0.3) is 0 Å². The Labute approximate surface area is 118 Å². The highest BCUT2D eigenvalue weighted by Gasteiger charge is 2.46. The zero-order valence-corrected chi connectivity index (χ0v) is 12.1. The Balaban J connectivity index is 2.74. The van der Waals surface area contributed by atoms with Gasteiger partial charge in [0.05, 0.1) is 12.0 Å². The maximum Gasteiger partial charge on any atom is 0.404 e. The molecule has 2 atom stereocenters. The number of carbonyl (C=O) groups is 1. The van der Waals surface area contributed by atoms with E-state index >= 15 is 0 Å². The molecule has 0 heterocycles. The van der Waals surface area contributed by atoms with E-state index in [2.05, 4.69) is 0 Å². The second-order valence-corrected chi connectivity index (χ2v) is 5.90. The van der Waals surface area contributed by atoms with E-state index in [1.54, 1.807) is 13.8 Å². The largest absolute Gasteiger partial charge is 0.463 e. The highest BCUT2D eigenvalue weighted by Crippen LogP contribution is 2.34. The van der Waals surface area contributed by atoms with Crippen LogP contribution in [-0.4, -0.2) is 24.3 Å². The summed E-state index contributed by atoms with van der Waals surface area (Å²) in [5.74, 6) is -1.97. The first-order valence-electron chi connectivity index (χ1n) is 7.24. The van der Waals surface area contributed by atoms with Crippen LogP contribution in [0.25, 0.3) is 0 Å². The van der Waals surface area contributed by atoms with Gasteiger partial charge in [-0.3, -0.25) is 4.79 Å². The smallest absolute Gasteiger partial charge is 0.404 e. The number of esters is 1. The zero-order chi connectivity index (χ0) is 15.3. The molecule has 1 fully saturated rings. The summed E-state index contributed by atoms with van der Waals surface area (Å²) in [4.78, 5) is 11.9. The van der Waals surface area contributed by atoms with Crippen LogP contribution in [-0.2, 0) is 9.53 Å². The Morgan fingerprint density at radius 3 is 2.25 bits per heavy atom. The second-order valence-electron chi connectivity index (χ2n) is 5.90. The van der Waals surface area contributed by atoms with Crippen LogP contribution < -0.4 is 5.73 Å².